The largest absolute Gasteiger partial charge is 0.495 e. The molecule has 0 saturated heterocycles. The van der Waals surface area contributed by atoms with E-state index in [1.165, 1.54) is 7.11 Å². The summed E-state index contributed by atoms with van der Waals surface area (Å²) in [5, 5.41) is 3.23. The molecule has 0 fully saturated rings. The molecule has 0 bridgehead atoms. The first kappa shape index (κ1) is 15.9. The summed E-state index contributed by atoms with van der Waals surface area (Å²) in [6.45, 7) is -0.0870. The van der Waals surface area contributed by atoms with Crippen molar-refractivity contribution in [2.24, 2.45) is 0 Å². The molecule has 0 atom stereocenters. The number of carbonyl (C=O) groups excluding carboxylic acids is 1. The van der Waals surface area contributed by atoms with Crippen LogP contribution in [0.1, 0.15) is 0 Å². The molecule has 0 heterocycles. The summed E-state index contributed by atoms with van der Waals surface area (Å²) in [6, 6.07) is 12.5. The molecule has 0 aliphatic heterocycles. The lowest BCUT2D eigenvalue weighted by molar-refractivity contribution is -0.118. The Labute approximate surface area is 141 Å². The van der Waals surface area contributed by atoms with E-state index in [1.54, 1.807) is 18.2 Å². The Morgan fingerprint density at radius 3 is 2.62 bits per heavy atom. The SMILES string of the molecule is COc1ccc(Cl)cc1NC(=O)COc1ccc(I)cc1. The maximum absolute atomic E-state index is 11.9. The van der Waals surface area contributed by atoms with Crippen LogP contribution in [0.5, 0.6) is 11.5 Å². The van der Waals surface area contributed by atoms with E-state index in [2.05, 4.69) is 27.9 Å². The summed E-state index contributed by atoms with van der Waals surface area (Å²) in [6.07, 6.45) is 0. The first-order chi connectivity index (χ1) is 10.1. The Kier molecular flexibility index (Phi) is 5.69. The second kappa shape index (κ2) is 7.51. The second-order valence-corrected chi connectivity index (χ2v) is 5.82. The van der Waals surface area contributed by atoms with Crippen molar-refractivity contribution in [1.82, 2.24) is 0 Å². The fraction of sp³-hybridized carbons (Fsp3) is 0.133. The molecule has 21 heavy (non-hydrogen) atoms. The van der Waals surface area contributed by atoms with Crippen LogP contribution in [0.4, 0.5) is 5.69 Å². The summed E-state index contributed by atoms with van der Waals surface area (Å²) in [4.78, 5) is 11.9. The average molecular weight is 418 g/mol. The highest BCUT2D eigenvalue weighted by Gasteiger charge is 2.09. The normalized spacial score (nSPS) is 10.0. The van der Waals surface area contributed by atoms with Crippen LogP contribution in [0, 0.1) is 3.57 Å². The standard InChI is InChI=1S/C15H13ClINO3/c1-20-14-7-2-10(16)8-13(14)18-15(19)9-21-12-5-3-11(17)4-6-12/h2-8H,9H2,1H3,(H,18,19). The Bertz CT molecular complexity index is 631. The Morgan fingerprint density at radius 2 is 1.95 bits per heavy atom. The zero-order valence-corrected chi connectivity index (χ0v) is 14.1. The van der Waals surface area contributed by atoms with Gasteiger partial charge in [0.1, 0.15) is 11.5 Å². The van der Waals surface area contributed by atoms with Gasteiger partial charge in [-0.2, -0.15) is 0 Å². The van der Waals surface area contributed by atoms with Gasteiger partial charge in [0.15, 0.2) is 6.61 Å². The van der Waals surface area contributed by atoms with Crippen LogP contribution in [0.25, 0.3) is 0 Å². The minimum atomic E-state index is -0.283. The average Bonchev–Trinajstić information content (AvgIpc) is 2.47. The van der Waals surface area contributed by atoms with Crippen molar-refractivity contribution in [2.75, 3.05) is 19.0 Å². The fourth-order valence-electron chi connectivity index (χ4n) is 1.64. The highest BCUT2D eigenvalue weighted by Crippen LogP contribution is 2.27. The molecule has 6 heteroatoms. The second-order valence-electron chi connectivity index (χ2n) is 4.14. The summed E-state index contributed by atoms with van der Waals surface area (Å²) in [5.41, 5.74) is 0.515. The number of carbonyl (C=O) groups is 1. The highest BCUT2D eigenvalue weighted by atomic mass is 127. The summed E-state index contributed by atoms with van der Waals surface area (Å²) >= 11 is 8.11. The van der Waals surface area contributed by atoms with Crippen LogP contribution in [-0.4, -0.2) is 19.6 Å². The molecule has 2 aromatic carbocycles. The molecule has 2 rings (SSSR count). The van der Waals surface area contributed by atoms with Crippen LogP contribution in [0.2, 0.25) is 5.02 Å². The number of halogens is 2. The van der Waals surface area contributed by atoms with E-state index >= 15 is 0 Å². The quantitative estimate of drug-likeness (QED) is 0.749. The maximum Gasteiger partial charge on any atom is 0.262 e. The first-order valence-electron chi connectivity index (χ1n) is 6.10. The Balaban J connectivity index is 1.95. The lowest BCUT2D eigenvalue weighted by Crippen LogP contribution is -2.20. The lowest BCUT2D eigenvalue weighted by Gasteiger charge is -2.11. The van der Waals surface area contributed by atoms with E-state index in [-0.39, 0.29) is 12.5 Å². The predicted molar refractivity (Wildman–Crippen MR) is 91.3 cm³/mol. The van der Waals surface area contributed by atoms with Crippen LogP contribution in [-0.2, 0) is 4.79 Å². The van der Waals surface area contributed by atoms with Crippen molar-refractivity contribution in [3.8, 4) is 11.5 Å². The van der Waals surface area contributed by atoms with E-state index in [1.807, 2.05) is 24.3 Å². The molecule has 1 N–H and O–H groups in total. The smallest absolute Gasteiger partial charge is 0.262 e. The van der Waals surface area contributed by atoms with Crippen LogP contribution in [0.3, 0.4) is 0 Å². The van der Waals surface area contributed by atoms with E-state index in [0.717, 1.165) is 3.57 Å². The van der Waals surface area contributed by atoms with Gasteiger partial charge in [0.2, 0.25) is 0 Å². The molecule has 4 nitrogen and oxygen atoms in total. The van der Waals surface area contributed by atoms with E-state index < -0.39 is 0 Å². The van der Waals surface area contributed by atoms with Gasteiger partial charge in [-0.25, -0.2) is 0 Å². The van der Waals surface area contributed by atoms with Gasteiger partial charge in [-0.3, -0.25) is 4.79 Å². The number of hydrogen-bond acceptors (Lipinski definition) is 3. The Morgan fingerprint density at radius 1 is 1.24 bits per heavy atom. The molecule has 0 saturated carbocycles. The molecular formula is C15H13ClINO3. The van der Waals surface area contributed by atoms with Gasteiger partial charge in [0, 0.05) is 8.59 Å². The summed E-state index contributed by atoms with van der Waals surface area (Å²) < 4.78 is 11.7. The molecule has 0 radical (unpaired) electrons. The number of benzene rings is 2. The molecule has 2 aromatic rings. The molecular weight excluding hydrogens is 405 g/mol. The van der Waals surface area contributed by atoms with Crippen LogP contribution in [0.15, 0.2) is 42.5 Å². The van der Waals surface area contributed by atoms with Crippen molar-refractivity contribution in [1.29, 1.82) is 0 Å². The molecule has 0 aliphatic rings. The predicted octanol–water partition coefficient (Wildman–Crippen LogP) is 3.97. The monoisotopic (exact) mass is 417 g/mol. The molecule has 0 unspecified atom stereocenters. The number of hydrogen-bond donors (Lipinski definition) is 1. The van der Waals surface area contributed by atoms with Crippen molar-refractivity contribution >= 4 is 45.8 Å². The van der Waals surface area contributed by atoms with E-state index in [9.17, 15) is 4.79 Å². The maximum atomic E-state index is 11.9. The third-order valence-corrected chi connectivity index (χ3v) is 3.57. The van der Waals surface area contributed by atoms with Gasteiger partial charge in [-0.15, -0.1) is 0 Å². The fourth-order valence-corrected chi connectivity index (χ4v) is 2.18. The van der Waals surface area contributed by atoms with Crippen molar-refractivity contribution in [3.05, 3.63) is 51.1 Å². The number of anilines is 1. The summed E-state index contributed by atoms with van der Waals surface area (Å²) in [5.74, 6) is 0.903. The Hall–Kier alpha value is -1.47. The van der Waals surface area contributed by atoms with Gasteiger partial charge < -0.3 is 14.8 Å². The minimum absolute atomic E-state index is 0.0870. The van der Waals surface area contributed by atoms with Gasteiger partial charge in [-0.05, 0) is 65.1 Å². The van der Waals surface area contributed by atoms with Crippen molar-refractivity contribution in [3.63, 3.8) is 0 Å². The van der Waals surface area contributed by atoms with Gasteiger partial charge in [-0.1, -0.05) is 11.6 Å². The van der Waals surface area contributed by atoms with E-state index in [0.29, 0.717) is 22.2 Å². The van der Waals surface area contributed by atoms with Gasteiger partial charge in [0.05, 0.1) is 12.8 Å². The molecule has 0 spiro atoms. The lowest BCUT2D eigenvalue weighted by atomic mass is 10.3. The number of rotatable bonds is 5. The molecule has 0 aromatic heterocycles. The van der Waals surface area contributed by atoms with Crippen LogP contribution >= 0.6 is 34.2 Å². The number of methoxy groups -OCH3 is 1. The first-order valence-corrected chi connectivity index (χ1v) is 7.56. The van der Waals surface area contributed by atoms with E-state index in [4.69, 9.17) is 21.1 Å². The molecule has 1 amide bonds. The van der Waals surface area contributed by atoms with Gasteiger partial charge in [0.25, 0.3) is 5.91 Å². The van der Waals surface area contributed by atoms with Crippen LogP contribution < -0.4 is 14.8 Å². The zero-order valence-electron chi connectivity index (χ0n) is 11.2. The number of nitrogens with one attached hydrogen (secondary N) is 1. The molecule has 110 valence electrons. The number of amides is 1. The number of ether oxygens (including phenoxy) is 2. The summed E-state index contributed by atoms with van der Waals surface area (Å²) in [7, 11) is 1.53. The molecule has 0 aliphatic carbocycles. The minimum Gasteiger partial charge on any atom is -0.495 e. The van der Waals surface area contributed by atoms with Crippen molar-refractivity contribution < 1.29 is 14.3 Å². The topological polar surface area (TPSA) is 47.6 Å². The zero-order chi connectivity index (χ0) is 15.2. The van der Waals surface area contributed by atoms with Crippen molar-refractivity contribution in [2.45, 2.75) is 0 Å². The third kappa shape index (κ3) is 4.78. The van der Waals surface area contributed by atoms with Gasteiger partial charge >= 0.3 is 0 Å². The third-order valence-electron chi connectivity index (χ3n) is 2.62. The highest BCUT2D eigenvalue weighted by molar-refractivity contribution is 14.1.